The molecule has 0 bridgehead atoms. The number of nitrogens with one attached hydrogen (secondary N) is 1. The predicted octanol–water partition coefficient (Wildman–Crippen LogP) is 5.04. The Bertz CT molecular complexity index is 490. The van der Waals surface area contributed by atoms with E-state index in [0.29, 0.717) is 0 Å². The van der Waals surface area contributed by atoms with Gasteiger partial charge in [0.2, 0.25) is 0 Å². The zero-order chi connectivity index (χ0) is 22.4. The van der Waals surface area contributed by atoms with Crippen LogP contribution in [0.1, 0.15) is 128 Å². The zero-order valence-corrected chi connectivity index (χ0v) is 22.4. The highest BCUT2D eigenvalue weighted by Crippen LogP contribution is 2.09. The van der Waals surface area contributed by atoms with Gasteiger partial charge in [-0.3, -0.25) is 0 Å². The number of hydrogen-bond donors (Lipinski definition) is 1. The van der Waals surface area contributed by atoms with Crippen LogP contribution in [0.3, 0.4) is 0 Å². The van der Waals surface area contributed by atoms with E-state index < -0.39 is 0 Å². The molecular weight excluding hydrogens is 410 g/mol. The lowest BCUT2D eigenvalue weighted by atomic mass is 10.1. The lowest BCUT2D eigenvalue weighted by Crippen LogP contribution is -3.12. The van der Waals surface area contributed by atoms with Gasteiger partial charge < -0.3 is 17.3 Å². The molecule has 0 heterocycles. The average Bonchev–Trinajstić information content (AvgIpc) is 2.80. The molecule has 32 heavy (non-hydrogen) atoms. The van der Waals surface area contributed by atoms with Gasteiger partial charge in [-0.05, 0) is 36.8 Å². The van der Waals surface area contributed by atoms with Crippen LogP contribution in [0.5, 0.6) is 0 Å². The van der Waals surface area contributed by atoms with Crippen molar-refractivity contribution in [3.8, 4) is 0 Å². The van der Waals surface area contributed by atoms with Crippen LogP contribution in [-0.2, 0) is 6.42 Å². The van der Waals surface area contributed by atoms with Crippen LogP contribution >= 0.6 is 0 Å². The monoisotopic (exact) mass is 463 g/mol. The van der Waals surface area contributed by atoms with Crippen molar-refractivity contribution in [2.75, 3.05) is 19.6 Å². The molecule has 0 saturated carbocycles. The largest absolute Gasteiger partial charge is 1.00 e. The molecule has 1 aromatic rings. The van der Waals surface area contributed by atoms with Crippen LogP contribution in [0.25, 0.3) is 6.08 Å². The summed E-state index contributed by atoms with van der Waals surface area (Å²) in [6.07, 6.45) is 25.9. The normalized spacial score (nSPS) is 11.0. The minimum Gasteiger partial charge on any atom is -1.00 e. The molecule has 0 amide bonds. The highest BCUT2D eigenvalue weighted by Gasteiger charge is 2.09. The van der Waals surface area contributed by atoms with Crippen molar-refractivity contribution in [2.45, 2.75) is 123 Å². The van der Waals surface area contributed by atoms with Crippen molar-refractivity contribution in [3.05, 3.63) is 42.0 Å². The van der Waals surface area contributed by atoms with Crippen LogP contribution in [0.4, 0.5) is 0 Å². The highest BCUT2D eigenvalue weighted by atomic mass is 35.5. The third-order valence-electron chi connectivity index (χ3n) is 6.75. The Morgan fingerprint density at radius 2 is 1.00 bits per heavy atom. The van der Waals surface area contributed by atoms with Gasteiger partial charge in [0.15, 0.2) is 0 Å². The van der Waals surface area contributed by atoms with E-state index in [2.05, 4.69) is 44.7 Å². The van der Waals surface area contributed by atoms with Crippen molar-refractivity contribution in [1.29, 1.82) is 0 Å². The van der Waals surface area contributed by atoms with Gasteiger partial charge in [0.25, 0.3) is 0 Å². The van der Waals surface area contributed by atoms with Gasteiger partial charge in [0.1, 0.15) is 0 Å². The van der Waals surface area contributed by atoms with Gasteiger partial charge in [-0.1, -0.05) is 128 Å². The van der Waals surface area contributed by atoms with Crippen molar-refractivity contribution in [2.24, 2.45) is 0 Å². The minimum atomic E-state index is 0. The fourth-order valence-electron chi connectivity index (χ4n) is 4.53. The first-order valence-corrected chi connectivity index (χ1v) is 13.8. The van der Waals surface area contributed by atoms with Gasteiger partial charge in [0.05, 0.1) is 19.6 Å². The lowest BCUT2D eigenvalue weighted by molar-refractivity contribution is -0.900. The van der Waals surface area contributed by atoms with Gasteiger partial charge in [-0.2, -0.15) is 0 Å². The van der Waals surface area contributed by atoms with E-state index in [1.165, 1.54) is 140 Å². The summed E-state index contributed by atoms with van der Waals surface area (Å²) in [7, 11) is 0. The van der Waals surface area contributed by atoms with Crippen molar-refractivity contribution in [3.63, 3.8) is 0 Å². The Hall–Kier alpha value is -0.790. The molecule has 0 atom stereocenters. The van der Waals surface area contributed by atoms with E-state index in [0.717, 1.165) is 0 Å². The first kappa shape index (κ1) is 31.2. The molecule has 0 aromatic heterocycles. The lowest BCUT2D eigenvalue weighted by Gasteiger charge is -2.20. The van der Waals surface area contributed by atoms with Crippen molar-refractivity contribution < 1.29 is 17.3 Å². The van der Waals surface area contributed by atoms with Crippen molar-refractivity contribution >= 4 is 6.08 Å². The summed E-state index contributed by atoms with van der Waals surface area (Å²) in [5, 5.41) is 0. The van der Waals surface area contributed by atoms with Gasteiger partial charge in [-0.25, -0.2) is 0 Å². The Kier molecular flexibility index (Phi) is 22.8. The molecule has 186 valence electrons. The van der Waals surface area contributed by atoms with E-state index in [9.17, 15) is 0 Å². The second kappa shape index (κ2) is 23.4. The molecule has 1 N–H and O–H groups in total. The van der Waals surface area contributed by atoms with E-state index in [1.54, 1.807) is 0 Å². The fraction of sp³-hybridized carbons (Fsp3) is 0.733. The molecule has 0 spiro atoms. The van der Waals surface area contributed by atoms with E-state index in [-0.39, 0.29) is 12.4 Å². The molecule has 1 rings (SSSR count). The molecule has 0 radical (unpaired) electrons. The molecule has 0 fully saturated rings. The fourth-order valence-corrected chi connectivity index (χ4v) is 4.53. The van der Waals surface area contributed by atoms with Crippen LogP contribution in [0.15, 0.2) is 30.8 Å². The van der Waals surface area contributed by atoms with Crippen LogP contribution in [-0.4, -0.2) is 19.6 Å². The summed E-state index contributed by atoms with van der Waals surface area (Å²) in [6, 6.07) is 9.00. The average molecular weight is 464 g/mol. The van der Waals surface area contributed by atoms with E-state index >= 15 is 0 Å². The summed E-state index contributed by atoms with van der Waals surface area (Å²) in [5.74, 6) is 0. The van der Waals surface area contributed by atoms with Gasteiger partial charge in [0, 0.05) is 6.42 Å². The number of halogens is 1. The highest BCUT2D eigenvalue weighted by molar-refractivity contribution is 5.47. The Morgan fingerprint density at radius 1 is 0.594 bits per heavy atom. The maximum absolute atomic E-state index is 3.87. The Balaban J connectivity index is 0.00000961. The second-order valence-corrected chi connectivity index (χ2v) is 9.65. The molecule has 0 saturated heterocycles. The molecule has 0 aliphatic heterocycles. The standard InChI is InChI=1S/C30H53N.ClH/c1-4-7-9-11-13-15-17-19-26-31(27-20-18-16-14-12-10-8-5-2)28-25-30-23-21-29(6-3)22-24-30;/h6,21-24H,3-5,7-20,25-28H2,1-2H3;1H. The molecule has 0 unspecified atom stereocenters. The van der Waals surface area contributed by atoms with Crippen LogP contribution < -0.4 is 17.3 Å². The number of quaternary nitrogens is 1. The van der Waals surface area contributed by atoms with Gasteiger partial charge >= 0.3 is 0 Å². The minimum absolute atomic E-state index is 0. The zero-order valence-electron chi connectivity index (χ0n) is 21.6. The maximum Gasteiger partial charge on any atom is 0.0811 e. The molecule has 2 heteroatoms. The van der Waals surface area contributed by atoms with Crippen LogP contribution in [0, 0.1) is 0 Å². The smallest absolute Gasteiger partial charge is 0.0811 e. The Labute approximate surface area is 207 Å². The van der Waals surface area contributed by atoms with E-state index in [1.807, 2.05) is 11.0 Å². The summed E-state index contributed by atoms with van der Waals surface area (Å²) < 4.78 is 0. The van der Waals surface area contributed by atoms with Crippen LogP contribution in [0.2, 0.25) is 0 Å². The summed E-state index contributed by atoms with van der Waals surface area (Å²) in [6.45, 7) is 12.5. The number of hydrogen-bond acceptors (Lipinski definition) is 0. The molecular formula is C30H54ClN. The Morgan fingerprint density at radius 3 is 1.41 bits per heavy atom. The number of rotatable bonds is 22. The third kappa shape index (κ3) is 17.7. The second-order valence-electron chi connectivity index (χ2n) is 9.65. The topological polar surface area (TPSA) is 4.44 Å². The molecule has 1 nitrogen and oxygen atoms in total. The summed E-state index contributed by atoms with van der Waals surface area (Å²) in [5.41, 5.74) is 2.71. The van der Waals surface area contributed by atoms with Crippen molar-refractivity contribution in [1.82, 2.24) is 0 Å². The predicted molar refractivity (Wildman–Crippen MR) is 141 cm³/mol. The first-order chi connectivity index (χ1) is 15.3. The summed E-state index contributed by atoms with van der Waals surface area (Å²) in [4.78, 5) is 1.84. The van der Waals surface area contributed by atoms with E-state index in [4.69, 9.17) is 0 Å². The molecule has 1 aromatic carbocycles. The third-order valence-corrected chi connectivity index (χ3v) is 6.75. The molecule has 0 aliphatic carbocycles. The maximum atomic E-state index is 3.87. The number of unbranched alkanes of at least 4 members (excludes halogenated alkanes) is 14. The summed E-state index contributed by atoms with van der Waals surface area (Å²) >= 11 is 0. The molecule has 0 aliphatic rings. The quantitative estimate of drug-likeness (QED) is 0.230. The first-order valence-electron chi connectivity index (χ1n) is 13.8. The SMILES string of the molecule is C=Cc1ccc(CC[NH+](CCCCCCCCCC)CCCCCCCCCC)cc1.[Cl-]. The number of benzene rings is 1. The van der Waals surface area contributed by atoms with Gasteiger partial charge in [-0.15, -0.1) is 0 Å².